The maximum atomic E-state index is 13.5. The van der Waals surface area contributed by atoms with Gasteiger partial charge in [-0.15, -0.1) is 0 Å². The molecule has 0 spiro atoms. The average molecular weight is 314 g/mol. The molecule has 118 valence electrons. The quantitative estimate of drug-likeness (QED) is 0.741. The molecule has 3 aromatic rings. The lowest BCUT2D eigenvalue weighted by Crippen LogP contribution is -2.23. The SMILES string of the molecule is O=C(CCc1ccc2[nH]ccc2c1)NCc1cc(F)ccc1F. The van der Waals surface area contributed by atoms with Gasteiger partial charge in [0.2, 0.25) is 5.91 Å². The van der Waals surface area contributed by atoms with Crippen molar-refractivity contribution in [3.63, 3.8) is 0 Å². The van der Waals surface area contributed by atoms with Crippen molar-refractivity contribution in [2.75, 3.05) is 0 Å². The highest BCUT2D eigenvalue weighted by Gasteiger charge is 2.07. The summed E-state index contributed by atoms with van der Waals surface area (Å²) in [6.45, 7) is -0.0146. The van der Waals surface area contributed by atoms with E-state index in [0.29, 0.717) is 12.8 Å². The zero-order chi connectivity index (χ0) is 16.2. The normalized spacial score (nSPS) is 10.9. The van der Waals surface area contributed by atoms with Crippen molar-refractivity contribution in [3.05, 3.63) is 71.4 Å². The van der Waals surface area contributed by atoms with Gasteiger partial charge < -0.3 is 10.3 Å². The number of nitrogens with one attached hydrogen (secondary N) is 2. The van der Waals surface area contributed by atoms with E-state index in [1.54, 1.807) is 0 Å². The van der Waals surface area contributed by atoms with E-state index in [0.717, 1.165) is 34.7 Å². The summed E-state index contributed by atoms with van der Waals surface area (Å²) in [5, 5.41) is 3.72. The number of aryl methyl sites for hydroxylation is 1. The molecule has 0 aliphatic carbocycles. The number of aromatic nitrogens is 1. The second-order valence-electron chi connectivity index (χ2n) is 5.41. The summed E-state index contributed by atoms with van der Waals surface area (Å²) in [4.78, 5) is 15.0. The van der Waals surface area contributed by atoms with E-state index in [4.69, 9.17) is 0 Å². The molecule has 23 heavy (non-hydrogen) atoms. The summed E-state index contributed by atoms with van der Waals surface area (Å²) in [6, 6.07) is 11.2. The number of fused-ring (bicyclic) bond motifs is 1. The summed E-state index contributed by atoms with van der Waals surface area (Å²) < 4.78 is 26.5. The van der Waals surface area contributed by atoms with Crippen molar-refractivity contribution < 1.29 is 13.6 Å². The molecule has 0 radical (unpaired) electrons. The number of aromatic amines is 1. The molecule has 3 rings (SSSR count). The predicted molar refractivity (Wildman–Crippen MR) is 84.8 cm³/mol. The first kappa shape index (κ1) is 15.2. The fourth-order valence-corrected chi connectivity index (χ4v) is 2.48. The minimum Gasteiger partial charge on any atom is -0.361 e. The molecule has 0 saturated carbocycles. The van der Waals surface area contributed by atoms with Crippen LogP contribution in [0.5, 0.6) is 0 Å². The number of halogens is 2. The Morgan fingerprint density at radius 1 is 1.09 bits per heavy atom. The number of hydrogen-bond donors (Lipinski definition) is 2. The number of carbonyl (C=O) groups is 1. The minimum absolute atomic E-state index is 0.0146. The third-order valence-electron chi connectivity index (χ3n) is 3.74. The second-order valence-corrected chi connectivity index (χ2v) is 5.41. The molecule has 0 atom stereocenters. The number of benzene rings is 2. The Balaban J connectivity index is 1.54. The molecule has 3 nitrogen and oxygen atoms in total. The van der Waals surface area contributed by atoms with E-state index < -0.39 is 11.6 Å². The Kier molecular flexibility index (Phi) is 4.37. The number of amides is 1. The van der Waals surface area contributed by atoms with Gasteiger partial charge in [-0.2, -0.15) is 0 Å². The predicted octanol–water partition coefficient (Wildman–Crippen LogP) is 3.70. The summed E-state index contributed by atoms with van der Waals surface area (Å²) in [6.07, 6.45) is 2.76. The number of hydrogen-bond acceptors (Lipinski definition) is 1. The van der Waals surface area contributed by atoms with Crippen LogP contribution in [0.4, 0.5) is 8.78 Å². The molecule has 0 bridgehead atoms. The van der Waals surface area contributed by atoms with Gasteiger partial charge in [-0.05, 0) is 53.8 Å². The second kappa shape index (κ2) is 6.60. The van der Waals surface area contributed by atoms with Gasteiger partial charge in [-0.1, -0.05) is 6.07 Å². The number of H-pyrrole nitrogens is 1. The fourth-order valence-electron chi connectivity index (χ4n) is 2.48. The minimum atomic E-state index is -0.524. The first-order valence-corrected chi connectivity index (χ1v) is 7.38. The van der Waals surface area contributed by atoms with E-state index in [1.165, 1.54) is 0 Å². The van der Waals surface area contributed by atoms with Crippen molar-refractivity contribution in [2.45, 2.75) is 19.4 Å². The van der Waals surface area contributed by atoms with Crippen LogP contribution < -0.4 is 5.32 Å². The Hall–Kier alpha value is -2.69. The van der Waals surface area contributed by atoms with Crippen molar-refractivity contribution in [1.82, 2.24) is 10.3 Å². The van der Waals surface area contributed by atoms with E-state index >= 15 is 0 Å². The van der Waals surface area contributed by atoms with Crippen LogP contribution in [0.3, 0.4) is 0 Å². The van der Waals surface area contributed by atoms with Crippen LogP contribution in [0.1, 0.15) is 17.5 Å². The van der Waals surface area contributed by atoms with Crippen molar-refractivity contribution in [3.8, 4) is 0 Å². The Labute approximate surface area is 132 Å². The van der Waals surface area contributed by atoms with Crippen molar-refractivity contribution >= 4 is 16.8 Å². The highest BCUT2D eigenvalue weighted by Crippen LogP contribution is 2.15. The van der Waals surface area contributed by atoms with Crippen LogP contribution >= 0.6 is 0 Å². The van der Waals surface area contributed by atoms with Gasteiger partial charge in [0.15, 0.2) is 0 Å². The first-order valence-electron chi connectivity index (χ1n) is 7.38. The number of rotatable bonds is 5. The highest BCUT2D eigenvalue weighted by atomic mass is 19.1. The molecular formula is C18H16F2N2O. The third kappa shape index (κ3) is 3.74. The summed E-state index contributed by atoms with van der Waals surface area (Å²) in [7, 11) is 0. The van der Waals surface area contributed by atoms with Crippen LogP contribution in [0.25, 0.3) is 10.9 Å². The molecule has 0 unspecified atom stereocenters. The van der Waals surface area contributed by atoms with Crippen molar-refractivity contribution in [2.24, 2.45) is 0 Å². The van der Waals surface area contributed by atoms with Gasteiger partial charge in [-0.25, -0.2) is 8.78 Å². The van der Waals surface area contributed by atoms with Crippen LogP contribution in [-0.4, -0.2) is 10.9 Å². The Morgan fingerprint density at radius 3 is 2.83 bits per heavy atom. The maximum Gasteiger partial charge on any atom is 0.220 e. The van der Waals surface area contributed by atoms with Crippen molar-refractivity contribution in [1.29, 1.82) is 0 Å². The molecule has 1 heterocycles. The molecule has 0 saturated heterocycles. The Bertz CT molecular complexity index is 842. The molecule has 1 amide bonds. The molecule has 2 aromatic carbocycles. The fraction of sp³-hybridized carbons (Fsp3) is 0.167. The molecule has 0 fully saturated rings. The molecule has 1 aromatic heterocycles. The topological polar surface area (TPSA) is 44.9 Å². The zero-order valence-corrected chi connectivity index (χ0v) is 12.4. The van der Waals surface area contributed by atoms with Crippen LogP contribution in [0, 0.1) is 11.6 Å². The lowest BCUT2D eigenvalue weighted by molar-refractivity contribution is -0.121. The van der Waals surface area contributed by atoms with Gasteiger partial charge in [0.05, 0.1) is 0 Å². The van der Waals surface area contributed by atoms with Crippen LogP contribution in [-0.2, 0) is 17.8 Å². The number of carbonyl (C=O) groups excluding carboxylic acids is 1. The lowest BCUT2D eigenvalue weighted by Gasteiger charge is -2.07. The summed E-state index contributed by atoms with van der Waals surface area (Å²) in [5.74, 6) is -1.23. The van der Waals surface area contributed by atoms with Gasteiger partial charge in [0.1, 0.15) is 11.6 Å². The molecule has 2 N–H and O–H groups in total. The van der Waals surface area contributed by atoms with E-state index in [2.05, 4.69) is 10.3 Å². The maximum absolute atomic E-state index is 13.5. The molecule has 0 aliphatic rings. The van der Waals surface area contributed by atoms with Gasteiger partial charge in [0, 0.05) is 30.2 Å². The monoisotopic (exact) mass is 314 g/mol. The standard InChI is InChI=1S/C18H16F2N2O/c19-15-3-4-16(20)14(10-15)11-22-18(23)6-2-12-1-5-17-13(9-12)7-8-21-17/h1,3-5,7-10,21H,2,6,11H2,(H,22,23). The first-order chi connectivity index (χ1) is 11.1. The molecule has 0 aliphatic heterocycles. The zero-order valence-electron chi connectivity index (χ0n) is 12.4. The lowest BCUT2D eigenvalue weighted by atomic mass is 10.1. The molecule has 5 heteroatoms. The largest absolute Gasteiger partial charge is 0.361 e. The van der Waals surface area contributed by atoms with E-state index in [9.17, 15) is 13.6 Å². The van der Waals surface area contributed by atoms with Gasteiger partial charge in [0.25, 0.3) is 0 Å². The van der Waals surface area contributed by atoms with Crippen LogP contribution in [0.2, 0.25) is 0 Å². The van der Waals surface area contributed by atoms with E-state index in [-0.39, 0.29) is 18.0 Å². The van der Waals surface area contributed by atoms with Gasteiger partial charge >= 0.3 is 0 Å². The molecular weight excluding hydrogens is 298 g/mol. The van der Waals surface area contributed by atoms with E-state index in [1.807, 2.05) is 30.5 Å². The summed E-state index contributed by atoms with van der Waals surface area (Å²) >= 11 is 0. The highest BCUT2D eigenvalue weighted by molar-refractivity contribution is 5.80. The van der Waals surface area contributed by atoms with Crippen LogP contribution in [0.15, 0.2) is 48.7 Å². The smallest absolute Gasteiger partial charge is 0.220 e. The third-order valence-corrected chi connectivity index (χ3v) is 3.74. The van der Waals surface area contributed by atoms with Gasteiger partial charge in [-0.3, -0.25) is 4.79 Å². The summed E-state index contributed by atoms with van der Waals surface area (Å²) in [5.41, 5.74) is 2.26. The Morgan fingerprint density at radius 2 is 1.96 bits per heavy atom. The average Bonchev–Trinajstić information content (AvgIpc) is 3.01.